The van der Waals surface area contributed by atoms with E-state index in [1.807, 2.05) is 13.8 Å². The van der Waals surface area contributed by atoms with Gasteiger partial charge in [0.25, 0.3) is 0 Å². The van der Waals surface area contributed by atoms with Gasteiger partial charge >= 0.3 is 5.97 Å². The summed E-state index contributed by atoms with van der Waals surface area (Å²) in [5.41, 5.74) is 6.23. The van der Waals surface area contributed by atoms with Crippen LogP contribution < -0.4 is 15.9 Å². The lowest BCUT2D eigenvalue weighted by molar-refractivity contribution is -0.149. The lowest BCUT2D eigenvalue weighted by Gasteiger charge is -2.33. The summed E-state index contributed by atoms with van der Waals surface area (Å²) < 4.78 is 41.0. The van der Waals surface area contributed by atoms with Crippen molar-refractivity contribution in [2.24, 2.45) is 0 Å². The molecule has 202 valence electrons. The maximum absolute atomic E-state index is 14.1. The molecule has 0 amide bonds. The van der Waals surface area contributed by atoms with Crippen molar-refractivity contribution >= 4 is 30.4 Å². The highest BCUT2D eigenvalue weighted by atomic mass is 31.2. The second-order valence-electron chi connectivity index (χ2n) is 9.45. The average molecular weight is 536 g/mol. The third-order valence-electron chi connectivity index (χ3n) is 5.58. The van der Waals surface area contributed by atoms with Crippen molar-refractivity contribution in [3.63, 3.8) is 0 Å². The predicted octanol–water partition coefficient (Wildman–Crippen LogP) is 3.78. The van der Waals surface area contributed by atoms with Gasteiger partial charge in [0.1, 0.15) is 29.5 Å². The number of nitrogen functional groups attached to an aromatic ring is 1. The molecule has 4 N–H and O–H groups in total. The summed E-state index contributed by atoms with van der Waals surface area (Å²) in [6.07, 6.45) is 2.95. The topological polar surface area (TPSA) is 146 Å². The largest absolute Gasteiger partial charge is 0.464 e. The number of esters is 1. The molecule has 2 heterocycles. The van der Waals surface area contributed by atoms with Crippen molar-refractivity contribution in [1.82, 2.24) is 29.7 Å². The first-order valence-corrected chi connectivity index (χ1v) is 13.9. The van der Waals surface area contributed by atoms with Crippen LogP contribution in [0.2, 0.25) is 0 Å². The molecule has 0 saturated heterocycles. The quantitative estimate of drug-likeness (QED) is 0.218. The van der Waals surface area contributed by atoms with Crippen LogP contribution in [0.25, 0.3) is 11.2 Å². The number of hydrogen-bond acceptors (Lipinski definition) is 8. The first kappa shape index (κ1) is 28.6. The number of aromatic nitrogens is 4. The second kappa shape index (κ2) is 12.1. The van der Waals surface area contributed by atoms with Gasteiger partial charge in [-0.1, -0.05) is 19.1 Å². The summed E-state index contributed by atoms with van der Waals surface area (Å²) in [5.74, 6) is -0.664. The standard InChI is InChI=1S/C24H35FN7O4P/c1-6-10-35-23(33)24(4,5)31-37(34,30-17(3)18-8-7-9-19(25)11-18)15-36-16(2)12-32-14-29-20-21(26)27-13-28-22(20)32/h7-9,11,13-14,16-17H,6,10,12,15H2,1-5H3,(H2,26,27,28)(H2,30,31,34)/t16?,17-,37?/m1/s1. The lowest BCUT2D eigenvalue weighted by Crippen LogP contribution is -2.49. The number of imidazole rings is 1. The Kier molecular flexibility index (Phi) is 9.36. The number of nitrogens with one attached hydrogen (secondary N) is 2. The van der Waals surface area contributed by atoms with Crippen LogP contribution in [-0.2, 0) is 25.4 Å². The van der Waals surface area contributed by atoms with Crippen molar-refractivity contribution in [2.75, 3.05) is 18.7 Å². The van der Waals surface area contributed by atoms with Gasteiger partial charge in [-0.15, -0.1) is 0 Å². The van der Waals surface area contributed by atoms with Crippen LogP contribution in [0.1, 0.15) is 52.6 Å². The fourth-order valence-corrected chi connectivity index (χ4v) is 6.17. The van der Waals surface area contributed by atoms with Crippen LogP contribution in [0.15, 0.2) is 36.9 Å². The Bertz CT molecular complexity index is 1270. The second-order valence-corrected chi connectivity index (χ2v) is 11.7. The van der Waals surface area contributed by atoms with E-state index in [1.54, 1.807) is 43.8 Å². The third kappa shape index (κ3) is 7.54. The number of benzene rings is 1. The Morgan fingerprint density at radius 3 is 2.73 bits per heavy atom. The summed E-state index contributed by atoms with van der Waals surface area (Å²) in [5, 5.41) is 5.98. The molecule has 0 aliphatic heterocycles. The summed E-state index contributed by atoms with van der Waals surface area (Å²) in [7, 11) is -3.58. The van der Waals surface area contributed by atoms with Gasteiger partial charge < -0.3 is 19.8 Å². The molecule has 0 fully saturated rings. The van der Waals surface area contributed by atoms with Crippen molar-refractivity contribution in [1.29, 1.82) is 0 Å². The van der Waals surface area contributed by atoms with Gasteiger partial charge in [-0.05, 0) is 51.8 Å². The Morgan fingerprint density at radius 2 is 2.03 bits per heavy atom. The normalized spacial score (nSPS) is 15.3. The van der Waals surface area contributed by atoms with Crippen molar-refractivity contribution in [3.05, 3.63) is 48.3 Å². The van der Waals surface area contributed by atoms with Gasteiger partial charge in [0.2, 0.25) is 7.44 Å². The Morgan fingerprint density at radius 1 is 1.27 bits per heavy atom. The Balaban J connectivity index is 1.76. The van der Waals surface area contributed by atoms with Gasteiger partial charge in [0.15, 0.2) is 11.5 Å². The molecule has 0 aliphatic rings. The van der Waals surface area contributed by atoms with E-state index in [0.717, 1.165) is 0 Å². The molecule has 0 radical (unpaired) electrons. The number of fused-ring (bicyclic) bond motifs is 1. The zero-order chi connectivity index (χ0) is 27.2. The molecule has 11 nitrogen and oxygen atoms in total. The van der Waals surface area contributed by atoms with E-state index in [-0.39, 0.29) is 18.8 Å². The predicted molar refractivity (Wildman–Crippen MR) is 139 cm³/mol. The molecular weight excluding hydrogens is 500 g/mol. The molecule has 3 rings (SSSR count). The van der Waals surface area contributed by atoms with Crippen LogP contribution in [0.4, 0.5) is 10.2 Å². The van der Waals surface area contributed by atoms with Crippen molar-refractivity contribution < 1.29 is 23.2 Å². The number of carbonyl (C=O) groups is 1. The van der Waals surface area contributed by atoms with E-state index >= 15 is 0 Å². The van der Waals surface area contributed by atoms with Gasteiger partial charge in [-0.25, -0.2) is 29.5 Å². The first-order valence-electron chi connectivity index (χ1n) is 12.1. The lowest BCUT2D eigenvalue weighted by atomic mass is 10.1. The van der Waals surface area contributed by atoms with Crippen LogP contribution in [0.3, 0.4) is 0 Å². The molecule has 0 bridgehead atoms. The number of ether oxygens (including phenoxy) is 2. The Labute approximate surface area is 215 Å². The molecule has 2 unspecified atom stereocenters. The number of hydrogen-bond donors (Lipinski definition) is 3. The van der Waals surface area contributed by atoms with Gasteiger partial charge in [-0.3, -0.25) is 9.36 Å². The summed E-state index contributed by atoms with van der Waals surface area (Å²) in [6, 6.07) is 5.51. The van der Waals surface area contributed by atoms with E-state index in [0.29, 0.717) is 29.7 Å². The van der Waals surface area contributed by atoms with E-state index in [9.17, 15) is 13.8 Å². The number of carbonyl (C=O) groups excluding carboxylic acids is 1. The summed E-state index contributed by atoms with van der Waals surface area (Å²) in [6.45, 7) is 9.26. The SMILES string of the molecule is CCCOC(=O)C(C)(C)NP(=O)(COC(C)Cn1cnc2c(N)ncnc21)N[C@H](C)c1cccc(F)c1. The number of nitrogens with zero attached hydrogens (tertiary/aromatic N) is 4. The third-order valence-corrected chi connectivity index (χ3v) is 7.82. The number of rotatable bonds is 13. The highest BCUT2D eigenvalue weighted by molar-refractivity contribution is 7.59. The molecule has 1 aromatic carbocycles. The van der Waals surface area contributed by atoms with E-state index in [2.05, 4.69) is 25.1 Å². The fraction of sp³-hybridized carbons (Fsp3) is 0.500. The molecule has 2 aromatic heterocycles. The zero-order valence-electron chi connectivity index (χ0n) is 21.8. The molecule has 3 atom stereocenters. The zero-order valence-corrected chi connectivity index (χ0v) is 22.7. The smallest absolute Gasteiger partial charge is 0.326 e. The van der Waals surface area contributed by atoms with Gasteiger partial charge in [0, 0.05) is 6.04 Å². The number of anilines is 1. The molecular formula is C24H35FN7O4P. The van der Waals surface area contributed by atoms with Crippen LogP contribution in [0, 0.1) is 5.82 Å². The van der Waals surface area contributed by atoms with E-state index < -0.39 is 36.9 Å². The minimum Gasteiger partial charge on any atom is -0.464 e. The number of halogens is 1. The molecule has 0 aliphatic carbocycles. The van der Waals surface area contributed by atoms with Crippen LogP contribution in [-0.4, -0.2) is 50.1 Å². The van der Waals surface area contributed by atoms with Crippen LogP contribution in [0.5, 0.6) is 0 Å². The van der Waals surface area contributed by atoms with E-state index in [4.69, 9.17) is 15.2 Å². The monoisotopic (exact) mass is 535 g/mol. The highest BCUT2D eigenvalue weighted by Gasteiger charge is 2.38. The molecule has 0 saturated carbocycles. The molecule has 0 spiro atoms. The molecule has 3 aromatic rings. The van der Waals surface area contributed by atoms with Gasteiger partial charge in [-0.2, -0.15) is 0 Å². The average Bonchev–Trinajstić information content (AvgIpc) is 3.24. The van der Waals surface area contributed by atoms with E-state index in [1.165, 1.54) is 18.5 Å². The van der Waals surface area contributed by atoms with Crippen molar-refractivity contribution in [2.45, 2.75) is 65.3 Å². The minimum atomic E-state index is -3.58. The van der Waals surface area contributed by atoms with Gasteiger partial charge in [0.05, 0.1) is 25.6 Å². The van der Waals surface area contributed by atoms with Crippen molar-refractivity contribution in [3.8, 4) is 0 Å². The first-order chi connectivity index (χ1) is 17.4. The maximum atomic E-state index is 14.1. The number of nitrogens with two attached hydrogens (primary N) is 1. The summed E-state index contributed by atoms with van der Waals surface area (Å²) in [4.78, 5) is 25.1. The summed E-state index contributed by atoms with van der Waals surface area (Å²) >= 11 is 0. The van der Waals surface area contributed by atoms with Crippen LogP contribution >= 0.6 is 7.44 Å². The maximum Gasteiger partial charge on any atom is 0.326 e. The highest BCUT2D eigenvalue weighted by Crippen LogP contribution is 2.42. The fourth-order valence-electron chi connectivity index (χ4n) is 3.73. The molecule has 13 heteroatoms. The Hall–Kier alpha value is -2.92. The minimum absolute atomic E-state index is 0.248. The molecule has 37 heavy (non-hydrogen) atoms.